The van der Waals surface area contributed by atoms with E-state index in [0.29, 0.717) is 12.4 Å². The monoisotopic (exact) mass is 262 g/mol. The van der Waals surface area contributed by atoms with Crippen molar-refractivity contribution in [1.82, 2.24) is 4.98 Å². The summed E-state index contributed by atoms with van der Waals surface area (Å²) in [5, 5.41) is 0. The van der Waals surface area contributed by atoms with Crippen LogP contribution in [0.4, 0.5) is 19.0 Å². The smallest absolute Gasteiger partial charge is 0.417 e. The summed E-state index contributed by atoms with van der Waals surface area (Å²) in [5.41, 5.74) is -0.819. The normalized spacial score (nSPS) is 11.2. The number of hydrogen-bond donors (Lipinski definition) is 0. The number of halogens is 3. The van der Waals surface area contributed by atoms with E-state index in [-0.39, 0.29) is 6.54 Å². The van der Waals surface area contributed by atoms with Crippen molar-refractivity contribution in [2.45, 2.75) is 13.1 Å². The van der Waals surface area contributed by atoms with Gasteiger partial charge in [-0.05, 0) is 19.1 Å². The van der Waals surface area contributed by atoms with E-state index < -0.39 is 17.7 Å². The van der Waals surface area contributed by atoms with Crippen LogP contribution in [0.1, 0.15) is 12.5 Å². The van der Waals surface area contributed by atoms with E-state index in [9.17, 15) is 18.0 Å². The number of rotatable bonds is 4. The highest BCUT2D eigenvalue weighted by molar-refractivity contribution is 5.75. The molecule has 0 radical (unpaired) electrons. The Labute approximate surface area is 102 Å². The van der Waals surface area contributed by atoms with Gasteiger partial charge in [0.2, 0.25) is 0 Å². The summed E-state index contributed by atoms with van der Waals surface area (Å²) in [7, 11) is 1.25. The molecule has 0 aliphatic heterocycles. The number of ether oxygens (including phenoxy) is 1. The standard InChI is InChI=1S/C11H13F3N2O2/c1-3-16(7-10(17)18-2)9-5-4-8(6-15-9)11(12,13)14/h4-6H,3,7H2,1-2H3. The molecule has 0 saturated heterocycles. The second kappa shape index (κ2) is 5.70. The molecule has 0 spiro atoms. The number of carbonyl (C=O) groups excluding carboxylic acids is 1. The Morgan fingerprint density at radius 2 is 2.11 bits per heavy atom. The second-order valence-corrected chi connectivity index (χ2v) is 3.49. The van der Waals surface area contributed by atoms with Gasteiger partial charge in [-0.3, -0.25) is 4.79 Å². The fourth-order valence-electron chi connectivity index (χ4n) is 1.32. The largest absolute Gasteiger partial charge is 0.468 e. The number of alkyl halides is 3. The zero-order valence-electron chi connectivity index (χ0n) is 9.99. The molecule has 0 atom stereocenters. The van der Waals surface area contributed by atoms with Crippen molar-refractivity contribution < 1.29 is 22.7 Å². The maximum absolute atomic E-state index is 12.3. The summed E-state index contributed by atoms with van der Waals surface area (Å²) in [5.74, 6) is -0.172. The van der Waals surface area contributed by atoms with Crippen LogP contribution in [-0.4, -0.2) is 31.2 Å². The van der Waals surface area contributed by atoms with Crippen molar-refractivity contribution in [3.8, 4) is 0 Å². The first-order chi connectivity index (χ1) is 8.38. The van der Waals surface area contributed by atoms with Gasteiger partial charge in [-0.15, -0.1) is 0 Å². The molecule has 0 aromatic carbocycles. The van der Waals surface area contributed by atoms with E-state index in [1.54, 1.807) is 6.92 Å². The molecule has 0 bridgehead atoms. The highest BCUT2D eigenvalue weighted by Crippen LogP contribution is 2.29. The van der Waals surface area contributed by atoms with Gasteiger partial charge in [-0.2, -0.15) is 13.2 Å². The van der Waals surface area contributed by atoms with Gasteiger partial charge in [0.15, 0.2) is 0 Å². The fraction of sp³-hybridized carbons (Fsp3) is 0.455. The van der Waals surface area contributed by atoms with Gasteiger partial charge in [-0.1, -0.05) is 0 Å². The maximum Gasteiger partial charge on any atom is 0.417 e. The van der Waals surface area contributed by atoms with Crippen molar-refractivity contribution >= 4 is 11.8 Å². The third-order valence-electron chi connectivity index (χ3n) is 2.33. The van der Waals surface area contributed by atoms with Crippen LogP contribution >= 0.6 is 0 Å². The van der Waals surface area contributed by atoms with Crippen LogP contribution in [0.3, 0.4) is 0 Å². The van der Waals surface area contributed by atoms with Gasteiger partial charge in [0.05, 0.1) is 12.7 Å². The number of hydrogen-bond acceptors (Lipinski definition) is 4. The van der Waals surface area contributed by atoms with Gasteiger partial charge in [0.25, 0.3) is 0 Å². The van der Waals surface area contributed by atoms with E-state index in [4.69, 9.17) is 0 Å². The number of pyridine rings is 1. The Kier molecular flexibility index (Phi) is 4.52. The van der Waals surface area contributed by atoms with Gasteiger partial charge in [-0.25, -0.2) is 4.98 Å². The number of carbonyl (C=O) groups is 1. The minimum Gasteiger partial charge on any atom is -0.468 e. The summed E-state index contributed by atoms with van der Waals surface area (Å²) in [6.07, 6.45) is -3.67. The average molecular weight is 262 g/mol. The molecule has 0 saturated carbocycles. The Hall–Kier alpha value is -1.79. The number of esters is 1. The molecule has 0 aliphatic carbocycles. The lowest BCUT2D eigenvalue weighted by Crippen LogP contribution is -2.31. The number of likely N-dealkylation sites (N-methyl/N-ethyl adjacent to an activating group) is 1. The molecule has 4 nitrogen and oxygen atoms in total. The van der Waals surface area contributed by atoms with Crippen molar-refractivity contribution in [3.63, 3.8) is 0 Å². The molecule has 0 unspecified atom stereocenters. The van der Waals surface area contributed by atoms with Gasteiger partial charge >= 0.3 is 12.1 Å². The second-order valence-electron chi connectivity index (χ2n) is 3.49. The van der Waals surface area contributed by atoms with Crippen LogP contribution in [-0.2, 0) is 15.7 Å². The Balaban J connectivity index is 2.85. The highest BCUT2D eigenvalue weighted by atomic mass is 19.4. The highest BCUT2D eigenvalue weighted by Gasteiger charge is 2.30. The zero-order chi connectivity index (χ0) is 13.8. The quantitative estimate of drug-likeness (QED) is 0.779. The van der Waals surface area contributed by atoms with E-state index in [0.717, 1.165) is 12.3 Å². The predicted octanol–water partition coefficient (Wildman–Crippen LogP) is 2.10. The molecule has 1 rings (SSSR count). The van der Waals surface area contributed by atoms with Crippen molar-refractivity contribution in [2.75, 3.05) is 25.1 Å². The Bertz CT molecular complexity index is 404. The number of aromatic nitrogens is 1. The minimum atomic E-state index is -4.41. The molecule has 1 aromatic heterocycles. The first-order valence-corrected chi connectivity index (χ1v) is 5.23. The fourth-order valence-corrected chi connectivity index (χ4v) is 1.32. The average Bonchev–Trinajstić information content (AvgIpc) is 2.34. The third-order valence-corrected chi connectivity index (χ3v) is 2.33. The van der Waals surface area contributed by atoms with E-state index in [1.807, 2.05) is 0 Å². The molecule has 0 N–H and O–H groups in total. The molecule has 0 aliphatic rings. The molecule has 1 aromatic rings. The summed E-state index contributed by atoms with van der Waals surface area (Å²) in [6.45, 7) is 2.15. The van der Waals surface area contributed by atoms with Crippen molar-refractivity contribution in [1.29, 1.82) is 0 Å². The molecule has 0 fully saturated rings. The van der Waals surface area contributed by atoms with E-state index in [1.165, 1.54) is 18.1 Å². The topological polar surface area (TPSA) is 42.4 Å². The van der Waals surface area contributed by atoms with Crippen molar-refractivity contribution in [2.24, 2.45) is 0 Å². The molecule has 0 amide bonds. The van der Waals surface area contributed by atoms with E-state index in [2.05, 4.69) is 9.72 Å². The molecular formula is C11H13F3N2O2. The third kappa shape index (κ3) is 3.61. The van der Waals surface area contributed by atoms with Crippen LogP contribution in [0.2, 0.25) is 0 Å². The first kappa shape index (κ1) is 14.3. The molecule has 100 valence electrons. The minimum absolute atomic E-state index is 0.0502. The predicted molar refractivity (Wildman–Crippen MR) is 59.1 cm³/mol. The number of anilines is 1. The van der Waals surface area contributed by atoms with E-state index >= 15 is 0 Å². The summed E-state index contributed by atoms with van der Waals surface area (Å²) in [6, 6.07) is 2.16. The zero-order valence-corrected chi connectivity index (χ0v) is 9.99. The van der Waals surface area contributed by atoms with Crippen LogP contribution in [0.25, 0.3) is 0 Å². The van der Waals surface area contributed by atoms with Gasteiger partial charge in [0.1, 0.15) is 12.4 Å². The summed E-state index contributed by atoms with van der Waals surface area (Å²) < 4.78 is 41.5. The van der Waals surface area contributed by atoms with Crippen LogP contribution in [0.15, 0.2) is 18.3 Å². The van der Waals surface area contributed by atoms with Crippen LogP contribution in [0, 0.1) is 0 Å². The van der Waals surface area contributed by atoms with Gasteiger partial charge < -0.3 is 9.64 Å². The molecule has 7 heteroatoms. The molecular weight excluding hydrogens is 249 g/mol. The van der Waals surface area contributed by atoms with Crippen LogP contribution in [0.5, 0.6) is 0 Å². The summed E-state index contributed by atoms with van der Waals surface area (Å²) >= 11 is 0. The number of nitrogens with zero attached hydrogens (tertiary/aromatic N) is 2. The lowest BCUT2D eigenvalue weighted by Gasteiger charge is -2.20. The summed E-state index contributed by atoms with van der Waals surface area (Å²) in [4.78, 5) is 16.3. The Morgan fingerprint density at radius 3 is 2.50 bits per heavy atom. The first-order valence-electron chi connectivity index (χ1n) is 5.23. The van der Waals surface area contributed by atoms with Crippen LogP contribution < -0.4 is 4.90 Å². The number of methoxy groups -OCH3 is 1. The van der Waals surface area contributed by atoms with Crippen molar-refractivity contribution in [3.05, 3.63) is 23.9 Å². The van der Waals surface area contributed by atoms with Gasteiger partial charge in [0, 0.05) is 12.7 Å². The maximum atomic E-state index is 12.3. The lowest BCUT2D eigenvalue weighted by molar-refractivity contribution is -0.139. The SMILES string of the molecule is CCN(CC(=O)OC)c1ccc(C(F)(F)F)cn1. The Morgan fingerprint density at radius 1 is 1.44 bits per heavy atom. The molecule has 18 heavy (non-hydrogen) atoms. The molecule has 1 heterocycles. The lowest BCUT2D eigenvalue weighted by atomic mass is 10.2.